The zero-order valence-electron chi connectivity index (χ0n) is 13.1. The fourth-order valence-corrected chi connectivity index (χ4v) is 2.43. The molecule has 0 aliphatic heterocycles. The normalized spacial score (nSPS) is 11.4. The Morgan fingerprint density at radius 1 is 0.870 bits per heavy atom. The third-order valence-corrected chi connectivity index (χ3v) is 4.07. The van der Waals surface area contributed by atoms with Gasteiger partial charge in [-0.25, -0.2) is 0 Å². The highest BCUT2D eigenvalue weighted by molar-refractivity contribution is 5.83. The van der Waals surface area contributed by atoms with E-state index in [1.165, 1.54) is 5.39 Å². The summed E-state index contributed by atoms with van der Waals surface area (Å²) in [4.78, 5) is 11.3. The minimum atomic E-state index is -0.915. The van der Waals surface area contributed by atoms with Gasteiger partial charge >= 0.3 is 5.97 Å². The maximum Gasteiger partial charge on any atom is 0.313 e. The topological polar surface area (TPSA) is 46.5 Å². The minimum Gasteiger partial charge on any atom is -0.481 e. The summed E-state index contributed by atoms with van der Waals surface area (Å²) in [6.45, 7) is 3.38. The Hall–Kier alpha value is -2.81. The zero-order valence-corrected chi connectivity index (χ0v) is 13.1. The first-order valence-electron chi connectivity index (χ1n) is 7.47. The van der Waals surface area contributed by atoms with Crippen molar-refractivity contribution in [1.82, 2.24) is 0 Å². The largest absolute Gasteiger partial charge is 0.481 e. The second-order valence-corrected chi connectivity index (χ2v) is 6.07. The van der Waals surface area contributed by atoms with Gasteiger partial charge in [0, 0.05) is 0 Å². The molecule has 3 nitrogen and oxygen atoms in total. The SMILES string of the molecule is CC(C)(C(=O)O)c1ccc(Oc2ccc3ccccc3c2)cc1. The molecule has 0 unspecified atom stereocenters. The average Bonchev–Trinajstić information content (AvgIpc) is 2.55. The molecule has 1 N–H and O–H groups in total. The molecule has 116 valence electrons. The molecular weight excluding hydrogens is 288 g/mol. The van der Waals surface area contributed by atoms with Crippen molar-refractivity contribution >= 4 is 16.7 Å². The summed E-state index contributed by atoms with van der Waals surface area (Å²) >= 11 is 0. The van der Waals surface area contributed by atoms with Gasteiger partial charge in [-0.2, -0.15) is 0 Å². The molecule has 0 aliphatic carbocycles. The third-order valence-electron chi connectivity index (χ3n) is 4.07. The third kappa shape index (κ3) is 3.04. The van der Waals surface area contributed by atoms with Gasteiger partial charge < -0.3 is 9.84 Å². The summed E-state index contributed by atoms with van der Waals surface area (Å²) in [5.74, 6) is 0.597. The van der Waals surface area contributed by atoms with E-state index in [4.69, 9.17) is 4.74 Å². The van der Waals surface area contributed by atoms with Gasteiger partial charge in [0.25, 0.3) is 0 Å². The summed E-state index contributed by atoms with van der Waals surface area (Å²) in [6, 6.07) is 21.2. The predicted octanol–water partition coefficient (Wildman–Crippen LogP) is 4.99. The quantitative estimate of drug-likeness (QED) is 0.738. The van der Waals surface area contributed by atoms with Crippen LogP contribution in [0.5, 0.6) is 11.5 Å². The number of hydrogen-bond acceptors (Lipinski definition) is 2. The zero-order chi connectivity index (χ0) is 16.4. The van der Waals surface area contributed by atoms with Gasteiger partial charge in [0.15, 0.2) is 0 Å². The second kappa shape index (κ2) is 5.76. The van der Waals surface area contributed by atoms with Crippen molar-refractivity contribution < 1.29 is 14.6 Å². The highest BCUT2D eigenvalue weighted by Gasteiger charge is 2.29. The van der Waals surface area contributed by atoms with E-state index < -0.39 is 11.4 Å². The number of aliphatic carboxylic acids is 1. The second-order valence-electron chi connectivity index (χ2n) is 6.07. The van der Waals surface area contributed by atoms with Crippen molar-refractivity contribution in [2.45, 2.75) is 19.3 Å². The van der Waals surface area contributed by atoms with E-state index in [0.717, 1.165) is 16.7 Å². The van der Waals surface area contributed by atoms with Crippen LogP contribution in [0.1, 0.15) is 19.4 Å². The monoisotopic (exact) mass is 306 g/mol. The molecule has 0 amide bonds. The fourth-order valence-electron chi connectivity index (χ4n) is 2.43. The van der Waals surface area contributed by atoms with E-state index >= 15 is 0 Å². The standard InChI is InChI=1S/C20H18O3/c1-20(2,19(21)22)16-8-11-17(12-9-16)23-18-10-7-14-5-3-4-6-15(14)13-18/h3-13H,1-2H3,(H,21,22). The molecule has 3 heteroatoms. The van der Waals surface area contributed by atoms with E-state index in [1.54, 1.807) is 38.1 Å². The predicted molar refractivity (Wildman–Crippen MR) is 91.1 cm³/mol. The Balaban J connectivity index is 1.83. The highest BCUT2D eigenvalue weighted by atomic mass is 16.5. The molecule has 3 rings (SSSR count). The molecule has 3 aromatic rings. The molecule has 0 spiro atoms. The molecule has 0 saturated heterocycles. The number of rotatable bonds is 4. The fraction of sp³-hybridized carbons (Fsp3) is 0.150. The minimum absolute atomic E-state index is 0.685. The molecule has 0 bridgehead atoms. The van der Waals surface area contributed by atoms with Crippen LogP contribution in [-0.4, -0.2) is 11.1 Å². The van der Waals surface area contributed by atoms with Crippen molar-refractivity contribution in [2.75, 3.05) is 0 Å². The van der Waals surface area contributed by atoms with Crippen molar-refractivity contribution in [2.24, 2.45) is 0 Å². The molecule has 0 aromatic heterocycles. The van der Waals surface area contributed by atoms with Crippen LogP contribution < -0.4 is 4.74 Å². The molecule has 0 fully saturated rings. The number of carboxylic acid groups (broad SMARTS) is 1. The molecular formula is C20H18O3. The van der Waals surface area contributed by atoms with Gasteiger partial charge in [-0.05, 0) is 54.4 Å². The first kappa shape index (κ1) is 15.1. The van der Waals surface area contributed by atoms with Crippen LogP contribution in [0.15, 0.2) is 66.7 Å². The van der Waals surface area contributed by atoms with Crippen LogP contribution in [-0.2, 0) is 10.2 Å². The van der Waals surface area contributed by atoms with Crippen molar-refractivity contribution in [3.05, 3.63) is 72.3 Å². The summed E-state index contributed by atoms with van der Waals surface area (Å²) in [6.07, 6.45) is 0. The Morgan fingerprint density at radius 2 is 1.48 bits per heavy atom. The lowest BCUT2D eigenvalue weighted by Gasteiger charge is -2.19. The van der Waals surface area contributed by atoms with Gasteiger partial charge in [-0.15, -0.1) is 0 Å². The summed E-state index contributed by atoms with van der Waals surface area (Å²) in [7, 11) is 0. The lowest BCUT2D eigenvalue weighted by molar-refractivity contribution is -0.142. The highest BCUT2D eigenvalue weighted by Crippen LogP contribution is 2.29. The molecule has 3 aromatic carbocycles. The van der Waals surface area contributed by atoms with Crippen molar-refractivity contribution in [3.8, 4) is 11.5 Å². The maximum atomic E-state index is 11.3. The molecule has 23 heavy (non-hydrogen) atoms. The van der Waals surface area contributed by atoms with Crippen LogP contribution in [0.2, 0.25) is 0 Å². The Kier molecular flexibility index (Phi) is 3.78. The van der Waals surface area contributed by atoms with Crippen molar-refractivity contribution in [1.29, 1.82) is 0 Å². The lowest BCUT2D eigenvalue weighted by Crippen LogP contribution is -2.28. The first-order chi connectivity index (χ1) is 11.0. The van der Waals surface area contributed by atoms with Crippen LogP contribution in [0.25, 0.3) is 10.8 Å². The summed E-state index contributed by atoms with van der Waals surface area (Å²) < 4.78 is 5.87. The summed E-state index contributed by atoms with van der Waals surface area (Å²) in [5, 5.41) is 11.6. The van der Waals surface area contributed by atoms with Gasteiger partial charge in [-0.3, -0.25) is 4.79 Å². The molecule has 0 heterocycles. The van der Waals surface area contributed by atoms with Crippen LogP contribution in [0, 0.1) is 0 Å². The lowest BCUT2D eigenvalue weighted by atomic mass is 9.85. The van der Waals surface area contributed by atoms with Crippen LogP contribution in [0.4, 0.5) is 0 Å². The van der Waals surface area contributed by atoms with Crippen LogP contribution >= 0.6 is 0 Å². The number of carboxylic acids is 1. The Morgan fingerprint density at radius 3 is 2.13 bits per heavy atom. The van der Waals surface area contributed by atoms with E-state index in [9.17, 15) is 9.90 Å². The van der Waals surface area contributed by atoms with E-state index in [1.807, 2.05) is 36.4 Å². The van der Waals surface area contributed by atoms with E-state index in [-0.39, 0.29) is 0 Å². The molecule has 0 atom stereocenters. The maximum absolute atomic E-state index is 11.3. The Labute approximate surface area is 135 Å². The summed E-state index contributed by atoms with van der Waals surface area (Å²) in [5.41, 5.74) is -0.169. The number of carbonyl (C=O) groups is 1. The first-order valence-corrected chi connectivity index (χ1v) is 7.47. The van der Waals surface area contributed by atoms with E-state index in [0.29, 0.717) is 5.75 Å². The number of benzene rings is 3. The number of ether oxygens (including phenoxy) is 1. The van der Waals surface area contributed by atoms with Gasteiger partial charge in [0.1, 0.15) is 11.5 Å². The molecule has 0 radical (unpaired) electrons. The van der Waals surface area contributed by atoms with Gasteiger partial charge in [0.05, 0.1) is 5.41 Å². The average molecular weight is 306 g/mol. The number of hydrogen-bond donors (Lipinski definition) is 1. The number of fused-ring (bicyclic) bond motifs is 1. The van der Waals surface area contributed by atoms with Gasteiger partial charge in [0.2, 0.25) is 0 Å². The van der Waals surface area contributed by atoms with Gasteiger partial charge in [-0.1, -0.05) is 42.5 Å². The Bertz CT molecular complexity index is 848. The van der Waals surface area contributed by atoms with Crippen molar-refractivity contribution in [3.63, 3.8) is 0 Å². The smallest absolute Gasteiger partial charge is 0.313 e. The molecule has 0 aliphatic rings. The molecule has 0 saturated carbocycles. The van der Waals surface area contributed by atoms with E-state index in [2.05, 4.69) is 6.07 Å². The van der Waals surface area contributed by atoms with Crippen LogP contribution in [0.3, 0.4) is 0 Å².